The number of carbonyl (C=O) groups excluding carboxylic acids is 1. The predicted molar refractivity (Wildman–Crippen MR) is 106 cm³/mol. The molecule has 1 unspecified atom stereocenters. The standard InChI is InChI=1S/C21H21F5N2O5/c1-11-6-5-7-14(18(28-31-4)20(29)30-3)15(11)10-32-27-12(2)13-8-9-16(22)17(23)19(13)33-21(24,25)26/h5-9,18,28H,10H2,1-4H3/b27-12+. The van der Waals surface area contributed by atoms with Crippen molar-refractivity contribution in [2.24, 2.45) is 5.16 Å². The zero-order chi connectivity index (χ0) is 24.8. The van der Waals surface area contributed by atoms with Crippen molar-refractivity contribution < 1.29 is 45.9 Å². The third-order valence-electron chi connectivity index (χ3n) is 4.50. The van der Waals surface area contributed by atoms with Gasteiger partial charge in [0.25, 0.3) is 0 Å². The second-order valence-electron chi connectivity index (χ2n) is 6.66. The van der Waals surface area contributed by atoms with Gasteiger partial charge in [-0.3, -0.25) is 0 Å². The Hall–Kier alpha value is -3.25. The maximum absolute atomic E-state index is 14.0. The lowest BCUT2D eigenvalue weighted by Crippen LogP contribution is -2.30. The molecular weight excluding hydrogens is 455 g/mol. The van der Waals surface area contributed by atoms with E-state index in [-0.39, 0.29) is 12.3 Å². The molecular formula is C21H21F5N2O5. The van der Waals surface area contributed by atoms with E-state index in [1.165, 1.54) is 21.1 Å². The van der Waals surface area contributed by atoms with Gasteiger partial charge >= 0.3 is 12.3 Å². The van der Waals surface area contributed by atoms with Crippen molar-refractivity contribution >= 4 is 11.7 Å². The summed E-state index contributed by atoms with van der Waals surface area (Å²) >= 11 is 0. The van der Waals surface area contributed by atoms with E-state index >= 15 is 0 Å². The van der Waals surface area contributed by atoms with Gasteiger partial charge < -0.3 is 19.1 Å². The Balaban J connectivity index is 2.35. The number of halogens is 5. The molecule has 7 nitrogen and oxygen atoms in total. The molecule has 0 spiro atoms. The third kappa shape index (κ3) is 6.62. The summed E-state index contributed by atoms with van der Waals surface area (Å²) in [5.74, 6) is -5.33. The summed E-state index contributed by atoms with van der Waals surface area (Å²) in [5.41, 5.74) is 3.54. The highest BCUT2D eigenvalue weighted by atomic mass is 19.4. The van der Waals surface area contributed by atoms with Crippen LogP contribution in [0.15, 0.2) is 35.5 Å². The van der Waals surface area contributed by atoms with Crippen molar-refractivity contribution in [1.82, 2.24) is 5.48 Å². The van der Waals surface area contributed by atoms with E-state index in [0.717, 1.165) is 6.07 Å². The number of ether oxygens (including phenoxy) is 2. The highest BCUT2D eigenvalue weighted by Crippen LogP contribution is 2.31. The Bertz CT molecular complexity index is 1030. The number of rotatable bonds is 9. The smallest absolute Gasteiger partial charge is 0.468 e. The Morgan fingerprint density at radius 1 is 1.15 bits per heavy atom. The fourth-order valence-corrected chi connectivity index (χ4v) is 2.94. The van der Waals surface area contributed by atoms with Gasteiger partial charge in [0, 0.05) is 11.1 Å². The summed E-state index contributed by atoms with van der Waals surface area (Å²) in [6.45, 7) is 2.76. The molecule has 0 radical (unpaired) electrons. The van der Waals surface area contributed by atoms with Crippen LogP contribution in [0.4, 0.5) is 22.0 Å². The molecule has 1 N–H and O–H groups in total. The summed E-state index contributed by atoms with van der Waals surface area (Å²) < 4.78 is 73.8. The van der Waals surface area contributed by atoms with Crippen LogP contribution in [0.5, 0.6) is 5.75 Å². The van der Waals surface area contributed by atoms with Crippen molar-refractivity contribution in [3.05, 3.63) is 64.2 Å². The Morgan fingerprint density at radius 3 is 2.45 bits per heavy atom. The number of benzene rings is 2. The van der Waals surface area contributed by atoms with E-state index < -0.39 is 41.3 Å². The first kappa shape index (κ1) is 26.0. The van der Waals surface area contributed by atoms with Crippen LogP contribution in [0.25, 0.3) is 0 Å². The number of nitrogens with one attached hydrogen (secondary N) is 1. The van der Waals surface area contributed by atoms with Gasteiger partial charge in [0.05, 0.1) is 19.9 Å². The summed E-state index contributed by atoms with van der Waals surface area (Å²) in [6.07, 6.45) is -5.25. The molecule has 0 saturated heterocycles. The van der Waals surface area contributed by atoms with Crippen molar-refractivity contribution in [2.45, 2.75) is 32.9 Å². The first-order valence-electron chi connectivity index (χ1n) is 9.35. The molecule has 0 fully saturated rings. The van der Waals surface area contributed by atoms with Crippen molar-refractivity contribution in [3.63, 3.8) is 0 Å². The van der Waals surface area contributed by atoms with Gasteiger partial charge in [0.15, 0.2) is 17.6 Å². The van der Waals surface area contributed by atoms with Crippen molar-refractivity contribution in [2.75, 3.05) is 14.2 Å². The Labute approximate surface area is 186 Å². The molecule has 1 atom stereocenters. The fourth-order valence-electron chi connectivity index (χ4n) is 2.94. The molecule has 2 aromatic carbocycles. The van der Waals surface area contributed by atoms with Gasteiger partial charge in [0.1, 0.15) is 6.61 Å². The molecule has 0 amide bonds. The maximum Gasteiger partial charge on any atom is 0.573 e. The number of aryl methyl sites for hydroxylation is 1. The van der Waals surface area contributed by atoms with E-state index in [2.05, 4.69) is 15.4 Å². The number of esters is 1. The SMILES string of the molecule is CONC(C(=O)OC)c1cccc(C)c1CO/N=C(\C)c1ccc(F)c(F)c1OC(F)(F)F. The number of oxime groups is 1. The number of alkyl halides is 3. The molecule has 180 valence electrons. The van der Waals surface area contributed by atoms with Gasteiger partial charge in [-0.1, -0.05) is 23.4 Å². The molecule has 12 heteroatoms. The van der Waals surface area contributed by atoms with E-state index in [1.807, 2.05) is 0 Å². The maximum atomic E-state index is 14.0. The summed E-state index contributed by atoms with van der Waals surface area (Å²) in [5, 5.41) is 3.72. The van der Waals surface area contributed by atoms with Crippen LogP contribution in [-0.2, 0) is 25.8 Å². The quantitative estimate of drug-likeness (QED) is 0.249. The molecule has 0 aliphatic carbocycles. The highest BCUT2D eigenvalue weighted by molar-refractivity contribution is 6.00. The average Bonchev–Trinajstić information content (AvgIpc) is 2.75. The van der Waals surface area contributed by atoms with Gasteiger partial charge in [-0.2, -0.15) is 9.87 Å². The molecule has 2 rings (SSSR count). The number of hydrogen-bond acceptors (Lipinski definition) is 7. The van der Waals surface area contributed by atoms with Crippen LogP contribution in [-0.4, -0.2) is 32.3 Å². The molecule has 0 aliphatic rings. The normalized spacial score (nSPS) is 12.9. The molecule has 33 heavy (non-hydrogen) atoms. The van der Waals surface area contributed by atoms with E-state index in [9.17, 15) is 26.7 Å². The van der Waals surface area contributed by atoms with Gasteiger partial charge in [0.2, 0.25) is 5.82 Å². The minimum atomic E-state index is -5.25. The Kier molecular flexibility index (Phi) is 8.71. The number of hydrogen-bond donors (Lipinski definition) is 1. The number of nitrogens with zero attached hydrogens (tertiary/aromatic N) is 1. The largest absolute Gasteiger partial charge is 0.573 e. The molecule has 0 heterocycles. The van der Waals surface area contributed by atoms with Crippen molar-refractivity contribution in [3.8, 4) is 5.75 Å². The van der Waals surface area contributed by atoms with Gasteiger partial charge in [-0.15, -0.1) is 13.2 Å². The second kappa shape index (κ2) is 11.1. The van der Waals surface area contributed by atoms with Crippen LogP contribution < -0.4 is 10.2 Å². The van der Waals surface area contributed by atoms with Gasteiger partial charge in [-0.05, 0) is 37.1 Å². The Morgan fingerprint density at radius 2 is 1.85 bits per heavy atom. The van der Waals surface area contributed by atoms with E-state index in [4.69, 9.17) is 14.4 Å². The lowest BCUT2D eigenvalue weighted by atomic mass is 9.97. The topological polar surface area (TPSA) is 78.4 Å². The van der Waals surface area contributed by atoms with Crippen LogP contribution in [0.1, 0.15) is 35.2 Å². The monoisotopic (exact) mass is 476 g/mol. The minimum absolute atomic E-state index is 0.206. The molecule has 0 bridgehead atoms. The van der Waals surface area contributed by atoms with E-state index in [1.54, 1.807) is 25.1 Å². The fraction of sp³-hybridized carbons (Fsp3) is 0.333. The third-order valence-corrected chi connectivity index (χ3v) is 4.50. The number of methoxy groups -OCH3 is 1. The predicted octanol–water partition coefficient (Wildman–Crippen LogP) is 4.48. The van der Waals surface area contributed by atoms with Crippen LogP contribution in [0.2, 0.25) is 0 Å². The van der Waals surface area contributed by atoms with Crippen LogP contribution in [0, 0.1) is 18.6 Å². The van der Waals surface area contributed by atoms with E-state index in [0.29, 0.717) is 22.8 Å². The molecule has 2 aromatic rings. The highest BCUT2D eigenvalue weighted by Gasteiger charge is 2.35. The number of hydroxylamine groups is 1. The zero-order valence-electron chi connectivity index (χ0n) is 18.0. The van der Waals surface area contributed by atoms with Crippen molar-refractivity contribution in [1.29, 1.82) is 0 Å². The zero-order valence-corrected chi connectivity index (χ0v) is 18.0. The van der Waals surface area contributed by atoms with Crippen LogP contribution in [0.3, 0.4) is 0 Å². The first-order valence-corrected chi connectivity index (χ1v) is 9.35. The first-order chi connectivity index (χ1) is 15.5. The second-order valence-corrected chi connectivity index (χ2v) is 6.66. The minimum Gasteiger partial charge on any atom is -0.468 e. The molecule has 0 aliphatic heterocycles. The summed E-state index contributed by atoms with van der Waals surface area (Å²) in [7, 11) is 2.52. The molecule has 0 saturated carbocycles. The van der Waals surface area contributed by atoms with Crippen LogP contribution >= 0.6 is 0 Å². The number of carbonyl (C=O) groups is 1. The average molecular weight is 476 g/mol. The molecule has 0 aromatic heterocycles. The lowest BCUT2D eigenvalue weighted by Gasteiger charge is -2.19. The summed E-state index contributed by atoms with van der Waals surface area (Å²) in [4.78, 5) is 22.3. The lowest BCUT2D eigenvalue weighted by molar-refractivity contribution is -0.275. The summed E-state index contributed by atoms with van der Waals surface area (Å²) in [6, 6.07) is 5.59. The van der Waals surface area contributed by atoms with Gasteiger partial charge in [-0.25, -0.2) is 9.18 Å².